The molecule has 15 heavy (non-hydrogen) atoms. The fraction of sp³-hybridized carbons (Fsp3) is 0.900. The second kappa shape index (κ2) is 10.8. The van der Waals surface area contributed by atoms with Gasteiger partial charge in [-0.15, -0.1) is 0 Å². The molecule has 5 heteroatoms. The lowest BCUT2D eigenvalue weighted by atomic mass is 10.0. The highest BCUT2D eigenvalue weighted by Crippen LogP contribution is 2.06. The van der Waals surface area contributed by atoms with Crippen molar-refractivity contribution in [2.75, 3.05) is 25.6 Å². The number of nitrogens with one attached hydrogen (secondary N) is 2. The molecule has 2 N–H and O–H groups in total. The quantitative estimate of drug-likeness (QED) is 0.406. The number of rotatable bonds is 10. The maximum absolute atomic E-state index is 11.7. The summed E-state index contributed by atoms with van der Waals surface area (Å²) in [6.45, 7) is 0.866. The van der Waals surface area contributed by atoms with E-state index in [0.29, 0.717) is 12.2 Å². The van der Waals surface area contributed by atoms with Gasteiger partial charge in [-0.1, -0.05) is 12.8 Å². The first kappa shape index (κ1) is 15.3. The molecule has 90 valence electrons. The van der Waals surface area contributed by atoms with Gasteiger partial charge in [-0.25, -0.2) is 0 Å². The Labute approximate surface area is 103 Å². The predicted octanol–water partition coefficient (Wildman–Crippen LogP) is 1.50. The molecule has 0 radical (unpaired) electrons. The summed E-state index contributed by atoms with van der Waals surface area (Å²) in [6.07, 6.45) is 5.63. The van der Waals surface area contributed by atoms with Crippen molar-refractivity contribution >= 4 is 30.4 Å². The third-order valence-electron chi connectivity index (χ3n) is 2.31. The Balaban J connectivity index is 3.63. The Kier molecular flexibility index (Phi) is 11.0. The molecule has 0 amide bonds. The number of Topliss-reactive ketones (excluding diaryl/α,β-unsaturated/α-hetero) is 1. The molecule has 0 spiro atoms. The van der Waals surface area contributed by atoms with E-state index in [1.807, 2.05) is 7.05 Å². The van der Waals surface area contributed by atoms with Gasteiger partial charge in [0.25, 0.3) is 0 Å². The monoisotopic (exact) mass is 250 g/mol. The second-order valence-electron chi connectivity index (χ2n) is 3.45. The summed E-state index contributed by atoms with van der Waals surface area (Å²) in [7, 11) is 1.86. The van der Waals surface area contributed by atoms with Crippen LogP contribution in [-0.2, 0) is 4.79 Å². The van der Waals surface area contributed by atoms with Crippen molar-refractivity contribution < 1.29 is 4.79 Å². The van der Waals surface area contributed by atoms with Crippen LogP contribution in [0.15, 0.2) is 0 Å². The molecule has 0 aliphatic carbocycles. The third kappa shape index (κ3) is 8.13. The van der Waals surface area contributed by atoms with Gasteiger partial charge in [0.1, 0.15) is 5.78 Å². The number of hydrogen-bond acceptors (Lipinski definition) is 5. The van der Waals surface area contributed by atoms with Crippen LogP contribution in [0.2, 0.25) is 0 Å². The van der Waals surface area contributed by atoms with Crippen molar-refractivity contribution in [2.24, 2.45) is 0 Å². The summed E-state index contributed by atoms with van der Waals surface area (Å²) in [5.74, 6) is 1.38. The van der Waals surface area contributed by atoms with E-state index in [1.165, 1.54) is 0 Å². The van der Waals surface area contributed by atoms with Crippen LogP contribution in [0.25, 0.3) is 0 Å². The van der Waals surface area contributed by atoms with E-state index in [1.54, 1.807) is 11.8 Å². The molecule has 1 atom stereocenters. The SMILES string of the molecule is CN[C@@H](CCSC)C(=O)CCCCNS. The Hall–Kier alpha value is 0.290. The fourth-order valence-electron chi connectivity index (χ4n) is 1.38. The first-order valence-electron chi connectivity index (χ1n) is 5.32. The minimum absolute atomic E-state index is 0.0430. The number of carbonyl (C=O) groups is 1. The molecule has 0 aromatic carbocycles. The van der Waals surface area contributed by atoms with Gasteiger partial charge in [0.2, 0.25) is 0 Å². The Morgan fingerprint density at radius 3 is 2.73 bits per heavy atom. The summed E-state index contributed by atoms with van der Waals surface area (Å²) in [5.41, 5.74) is 0. The van der Waals surface area contributed by atoms with E-state index >= 15 is 0 Å². The molecule has 0 fully saturated rings. The topological polar surface area (TPSA) is 41.1 Å². The maximum Gasteiger partial charge on any atom is 0.149 e. The van der Waals surface area contributed by atoms with Gasteiger partial charge >= 0.3 is 0 Å². The van der Waals surface area contributed by atoms with E-state index in [2.05, 4.69) is 29.1 Å². The minimum atomic E-state index is 0.0430. The molecule has 0 bridgehead atoms. The number of carbonyl (C=O) groups excluding carboxylic acids is 1. The van der Waals surface area contributed by atoms with E-state index in [-0.39, 0.29) is 6.04 Å². The van der Waals surface area contributed by atoms with Crippen LogP contribution in [0.3, 0.4) is 0 Å². The van der Waals surface area contributed by atoms with Crippen molar-refractivity contribution in [3.63, 3.8) is 0 Å². The highest BCUT2D eigenvalue weighted by Gasteiger charge is 2.14. The number of thiol groups is 1. The molecule has 0 unspecified atom stereocenters. The zero-order chi connectivity index (χ0) is 11.5. The lowest BCUT2D eigenvalue weighted by Crippen LogP contribution is -2.34. The number of likely N-dealkylation sites (N-methyl/N-ethyl adjacent to an activating group) is 1. The zero-order valence-electron chi connectivity index (χ0n) is 9.58. The average molecular weight is 250 g/mol. The van der Waals surface area contributed by atoms with Gasteiger partial charge in [-0.3, -0.25) is 9.52 Å². The van der Waals surface area contributed by atoms with Crippen molar-refractivity contribution in [1.29, 1.82) is 0 Å². The molecule has 0 aromatic rings. The van der Waals surface area contributed by atoms with Crippen LogP contribution in [-0.4, -0.2) is 37.4 Å². The van der Waals surface area contributed by atoms with Gasteiger partial charge in [-0.05, 0) is 38.3 Å². The van der Waals surface area contributed by atoms with Crippen molar-refractivity contribution in [1.82, 2.24) is 10.0 Å². The first-order chi connectivity index (χ1) is 7.26. The Bertz CT molecular complexity index is 168. The summed E-state index contributed by atoms with van der Waals surface area (Å²) in [5, 5.41) is 3.08. The van der Waals surface area contributed by atoms with Crippen LogP contribution in [0, 0.1) is 0 Å². The van der Waals surface area contributed by atoms with Crippen LogP contribution >= 0.6 is 24.6 Å². The highest BCUT2D eigenvalue weighted by atomic mass is 32.2. The number of ketones is 1. The fourth-order valence-corrected chi connectivity index (χ4v) is 2.01. The van der Waals surface area contributed by atoms with E-state index in [4.69, 9.17) is 0 Å². The van der Waals surface area contributed by atoms with E-state index < -0.39 is 0 Å². The summed E-state index contributed by atoms with van der Waals surface area (Å²) in [4.78, 5) is 11.7. The van der Waals surface area contributed by atoms with Gasteiger partial charge in [-0.2, -0.15) is 11.8 Å². The van der Waals surface area contributed by atoms with E-state index in [0.717, 1.165) is 31.6 Å². The largest absolute Gasteiger partial charge is 0.311 e. The summed E-state index contributed by atoms with van der Waals surface area (Å²) < 4.78 is 2.78. The zero-order valence-corrected chi connectivity index (χ0v) is 11.3. The summed E-state index contributed by atoms with van der Waals surface area (Å²) >= 11 is 5.68. The van der Waals surface area contributed by atoms with Crippen LogP contribution < -0.4 is 10.0 Å². The molecular weight excluding hydrogens is 228 g/mol. The number of hydrogen-bond donors (Lipinski definition) is 3. The Morgan fingerprint density at radius 2 is 2.20 bits per heavy atom. The molecule has 0 aliphatic rings. The molecule has 0 aromatic heterocycles. The van der Waals surface area contributed by atoms with E-state index in [9.17, 15) is 4.79 Å². The molecule has 0 heterocycles. The lowest BCUT2D eigenvalue weighted by molar-refractivity contribution is -0.121. The molecule has 3 nitrogen and oxygen atoms in total. The highest BCUT2D eigenvalue weighted by molar-refractivity contribution is 7.98. The van der Waals surface area contributed by atoms with Crippen LogP contribution in [0.1, 0.15) is 25.7 Å². The van der Waals surface area contributed by atoms with Crippen molar-refractivity contribution in [3.05, 3.63) is 0 Å². The minimum Gasteiger partial charge on any atom is -0.311 e. The van der Waals surface area contributed by atoms with Crippen LogP contribution in [0.4, 0.5) is 0 Å². The number of unbranched alkanes of at least 4 members (excludes halogenated alkanes) is 1. The molecule has 0 rings (SSSR count). The predicted molar refractivity (Wildman–Crippen MR) is 71.7 cm³/mol. The molecule has 0 aliphatic heterocycles. The average Bonchev–Trinajstić information content (AvgIpc) is 2.25. The molecule has 0 saturated carbocycles. The second-order valence-corrected chi connectivity index (χ2v) is 4.76. The summed E-state index contributed by atoms with van der Waals surface area (Å²) in [6, 6.07) is 0.0430. The number of thioether (sulfide) groups is 1. The van der Waals surface area contributed by atoms with Gasteiger partial charge in [0, 0.05) is 13.0 Å². The first-order valence-corrected chi connectivity index (χ1v) is 7.16. The normalized spacial score (nSPS) is 12.7. The standard InChI is InChI=1S/C10H22N2OS2/c1-11-9(6-8-15-2)10(13)5-3-4-7-12-14/h9,11-12,14H,3-8H2,1-2H3/t9-/m0/s1. The van der Waals surface area contributed by atoms with Gasteiger partial charge in [0.05, 0.1) is 6.04 Å². The van der Waals surface area contributed by atoms with Gasteiger partial charge in [0.15, 0.2) is 0 Å². The van der Waals surface area contributed by atoms with Crippen molar-refractivity contribution in [3.8, 4) is 0 Å². The lowest BCUT2D eigenvalue weighted by Gasteiger charge is -2.13. The Morgan fingerprint density at radius 1 is 1.47 bits per heavy atom. The maximum atomic E-state index is 11.7. The van der Waals surface area contributed by atoms with Crippen LogP contribution in [0.5, 0.6) is 0 Å². The van der Waals surface area contributed by atoms with Crippen molar-refractivity contribution in [2.45, 2.75) is 31.7 Å². The third-order valence-corrected chi connectivity index (χ3v) is 3.18. The van der Waals surface area contributed by atoms with Gasteiger partial charge < -0.3 is 5.32 Å². The molecular formula is C10H22N2OS2. The smallest absolute Gasteiger partial charge is 0.149 e. The molecule has 0 saturated heterocycles.